The SMILES string of the molecule is CC1(C)c2ccccc2-c2ccc(N(c3cccc(-c4ccccc4)c3)c3cc(C4CCCCC4)c4ccc5c(N(c6ccccc6)c6ccccc6)cc(C6CCCCC6)c6c7ccccc7c3c4c56)cc21. The molecule has 2 heteroatoms. The normalized spacial score (nSPS) is 15.8. The smallest absolute Gasteiger partial charge is 0.0549 e. The maximum Gasteiger partial charge on any atom is 0.0549 e. The van der Waals surface area contributed by atoms with Gasteiger partial charge in [-0.05, 0) is 164 Å². The first-order chi connectivity index (χ1) is 36.0. The van der Waals surface area contributed by atoms with Gasteiger partial charge >= 0.3 is 0 Å². The molecular weight excluding hydrogens is 881 g/mol. The van der Waals surface area contributed by atoms with Crippen molar-refractivity contribution in [1.29, 1.82) is 0 Å². The number of anilines is 6. The Balaban J connectivity index is 1.15. The van der Waals surface area contributed by atoms with Crippen molar-refractivity contribution in [3.8, 4) is 22.3 Å². The van der Waals surface area contributed by atoms with Gasteiger partial charge in [-0.15, -0.1) is 0 Å². The first kappa shape index (κ1) is 44.1. The van der Waals surface area contributed by atoms with Crippen molar-refractivity contribution in [2.24, 2.45) is 0 Å². The number of hydrogen-bond donors (Lipinski definition) is 0. The van der Waals surface area contributed by atoms with Gasteiger partial charge in [0.25, 0.3) is 0 Å². The third-order valence-electron chi connectivity index (χ3n) is 17.5. The number of para-hydroxylation sites is 2. The van der Waals surface area contributed by atoms with E-state index >= 15 is 0 Å². The van der Waals surface area contributed by atoms with Crippen LogP contribution in [0.1, 0.15) is 112 Å². The highest BCUT2D eigenvalue weighted by Crippen LogP contribution is 2.57. The average molecular weight is 943 g/mol. The van der Waals surface area contributed by atoms with E-state index in [4.69, 9.17) is 0 Å². The van der Waals surface area contributed by atoms with Crippen LogP contribution in [0, 0.1) is 0 Å². The highest BCUT2D eigenvalue weighted by Gasteiger charge is 2.37. The summed E-state index contributed by atoms with van der Waals surface area (Å²) in [7, 11) is 0. The number of fused-ring (bicyclic) bond motifs is 6. The van der Waals surface area contributed by atoms with E-state index < -0.39 is 0 Å². The Labute approximate surface area is 430 Å². The Morgan fingerprint density at radius 3 is 1.53 bits per heavy atom. The molecule has 11 aromatic rings. The van der Waals surface area contributed by atoms with E-state index in [1.807, 2.05) is 0 Å². The van der Waals surface area contributed by atoms with Crippen LogP contribution in [0.15, 0.2) is 206 Å². The Kier molecular flexibility index (Phi) is 10.8. The zero-order valence-corrected chi connectivity index (χ0v) is 42.3. The van der Waals surface area contributed by atoms with Crippen LogP contribution < -0.4 is 9.80 Å². The molecule has 0 spiro atoms. The Morgan fingerprint density at radius 1 is 0.329 bits per heavy atom. The summed E-state index contributed by atoms with van der Waals surface area (Å²) in [5, 5.41) is 11.1. The van der Waals surface area contributed by atoms with E-state index in [1.165, 1.54) is 186 Å². The lowest BCUT2D eigenvalue weighted by molar-refractivity contribution is 0.445. The van der Waals surface area contributed by atoms with Crippen molar-refractivity contribution >= 4 is 77.2 Å². The van der Waals surface area contributed by atoms with Gasteiger partial charge in [0, 0.05) is 49.7 Å². The molecular formula is C71H62N2. The number of nitrogens with zero attached hydrogens (tertiary/aromatic N) is 2. The summed E-state index contributed by atoms with van der Waals surface area (Å²) in [6, 6.07) is 78.9. The molecule has 0 heterocycles. The van der Waals surface area contributed by atoms with Gasteiger partial charge in [0.1, 0.15) is 0 Å². The summed E-state index contributed by atoms with van der Waals surface area (Å²) >= 11 is 0. The molecule has 0 atom stereocenters. The molecule has 2 fully saturated rings. The third kappa shape index (κ3) is 7.20. The predicted octanol–water partition coefficient (Wildman–Crippen LogP) is 20.7. The minimum atomic E-state index is -0.155. The third-order valence-corrected chi connectivity index (χ3v) is 17.5. The van der Waals surface area contributed by atoms with Crippen molar-refractivity contribution in [3.63, 3.8) is 0 Å². The molecule has 356 valence electrons. The summed E-state index contributed by atoms with van der Waals surface area (Å²) in [6.45, 7) is 4.84. The molecule has 3 aliphatic carbocycles. The largest absolute Gasteiger partial charge is 0.310 e. The zero-order valence-electron chi connectivity index (χ0n) is 42.3. The summed E-state index contributed by atoms with van der Waals surface area (Å²) < 4.78 is 0. The van der Waals surface area contributed by atoms with Crippen LogP contribution in [-0.4, -0.2) is 0 Å². The van der Waals surface area contributed by atoms with Gasteiger partial charge in [0.2, 0.25) is 0 Å². The van der Waals surface area contributed by atoms with Crippen LogP contribution in [0.3, 0.4) is 0 Å². The van der Waals surface area contributed by atoms with E-state index in [2.05, 4.69) is 230 Å². The van der Waals surface area contributed by atoms with Gasteiger partial charge in [0.15, 0.2) is 0 Å². The predicted molar refractivity (Wildman–Crippen MR) is 312 cm³/mol. The average Bonchev–Trinajstić information content (AvgIpc) is 3.69. The lowest BCUT2D eigenvalue weighted by atomic mass is 9.76. The Hall–Kier alpha value is -7.68. The maximum absolute atomic E-state index is 2.68. The minimum Gasteiger partial charge on any atom is -0.310 e. The molecule has 0 N–H and O–H groups in total. The van der Waals surface area contributed by atoms with Crippen LogP contribution in [0.4, 0.5) is 34.1 Å². The molecule has 0 bridgehead atoms. The standard InChI is InChI=1S/C71H62N2/c1-71(2)63-38-21-20-35-55(63)56-40-39-54(44-64(56)71)73(53-34-22-29-50(43-53)47-23-8-3-9-24-47)66-45-61(48-25-10-4-11-26-48)59-41-42-60-65(72(51-30-14-6-15-31-51)52-32-16-7-17-33-52)46-62(49-27-12-5-13-28-49)67-57-36-18-19-37-58(57)68(66)69(59)70(60)67/h3,6-9,14-24,29-46,48-49H,4-5,10-13,25-28H2,1-2H3. The second-order valence-corrected chi connectivity index (χ2v) is 22.0. The molecule has 0 unspecified atom stereocenters. The van der Waals surface area contributed by atoms with Crippen molar-refractivity contribution in [1.82, 2.24) is 0 Å². The summed E-state index contributed by atoms with van der Waals surface area (Å²) in [5.74, 6) is 0.944. The van der Waals surface area contributed by atoms with Crippen LogP contribution in [0.2, 0.25) is 0 Å². The van der Waals surface area contributed by atoms with E-state index in [-0.39, 0.29) is 5.41 Å². The molecule has 73 heavy (non-hydrogen) atoms. The Morgan fingerprint density at radius 2 is 0.836 bits per heavy atom. The first-order valence-corrected chi connectivity index (χ1v) is 27.3. The van der Waals surface area contributed by atoms with Crippen LogP contribution >= 0.6 is 0 Å². The van der Waals surface area contributed by atoms with E-state index in [0.717, 1.165) is 0 Å². The highest BCUT2D eigenvalue weighted by atomic mass is 15.2. The van der Waals surface area contributed by atoms with Crippen molar-refractivity contribution in [2.45, 2.75) is 95.3 Å². The number of hydrogen-bond acceptors (Lipinski definition) is 2. The van der Waals surface area contributed by atoms with Gasteiger partial charge in [-0.25, -0.2) is 0 Å². The second kappa shape index (κ2) is 17.8. The monoisotopic (exact) mass is 942 g/mol. The quantitative estimate of drug-likeness (QED) is 0.105. The molecule has 3 aliphatic rings. The summed E-state index contributed by atoms with van der Waals surface area (Å²) in [4.78, 5) is 5.22. The van der Waals surface area contributed by atoms with E-state index in [0.29, 0.717) is 11.8 Å². The number of rotatable bonds is 9. The maximum atomic E-state index is 2.68. The van der Waals surface area contributed by atoms with E-state index in [1.54, 1.807) is 0 Å². The molecule has 14 rings (SSSR count). The molecule has 2 nitrogen and oxygen atoms in total. The molecule has 0 aromatic heterocycles. The highest BCUT2D eigenvalue weighted by molar-refractivity contribution is 6.38. The van der Waals surface area contributed by atoms with Gasteiger partial charge in [-0.3, -0.25) is 0 Å². The van der Waals surface area contributed by atoms with Gasteiger partial charge in [0.05, 0.1) is 11.4 Å². The van der Waals surface area contributed by atoms with Crippen molar-refractivity contribution in [2.75, 3.05) is 9.80 Å². The summed E-state index contributed by atoms with van der Waals surface area (Å²) in [5.41, 5.74) is 18.0. The lowest BCUT2D eigenvalue weighted by Gasteiger charge is -2.34. The molecule has 0 saturated heterocycles. The fourth-order valence-electron chi connectivity index (χ4n) is 14.1. The fourth-order valence-corrected chi connectivity index (χ4v) is 14.1. The van der Waals surface area contributed by atoms with Crippen LogP contribution in [0.5, 0.6) is 0 Å². The van der Waals surface area contributed by atoms with Crippen molar-refractivity contribution in [3.05, 3.63) is 229 Å². The first-order valence-electron chi connectivity index (χ1n) is 27.3. The Bertz CT molecular complexity index is 3800. The van der Waals surface area contributed by atoms with Crippen LogP contribution in [0.25, 0.3) is 65.3 Å². The van der Waals surface area contributed by atoms with Gasteiger partial charge < -0.3 is 9.80 Å². The van der Waals surface area contributed by atoms with Crippen molar-refractivity contribution < 1.29 is 0 Å². The lowest BCUT2D eigenvalue weighted by Crippen LogP contribution is -2.17. The molecule has 0 amide bonds. The molecule has 2 saturated carbocycles. The van der Waals surface area contributed by atoms with Gasteiger partial charge in [-0.1, -0.05) is 198 Å². The zero-order chi connectivity index (χ0) is 48.6. The van der Waals surface area contributed by atoms with E-state index in [9.17, 15) is 0 Å². The second-order valence-electron chi connectivity index (χ2n) is 22.0. The molecule has 0 radical (unpaired) electrons. The molecule has 11 aromatic carbocycles. The topological polar surface area (TPSA) is 6.48 Å². The summed E-state index contributed by atoms with van der Waals surface area (Å²) in [6.07, 6.45) is 12.6. The molecule has 0 aliphatic heterocycles. The number of benzene rings is 11. The van der Waals surface area contributed by atoms with Crippen LogP contribution in [-0.2, 0) is 5.41 Å². The minimum absolute atomic E-state index is 0.155. The fraction of sp³-hybridized carbons (Fsp3) is 0.211. The van der Waals surface area contributed by atoms with Gasteiger partial charge in [-0.2, -0.15) is 0 Å².